The summed E-state index contributed by atoms with van der Waals surface area (Å²) in [4.78, 5) is 12.3. The van der Waals surface area contributed by atoms with E-state index in [9.17, 15) is 4.79 Å². The molecule has 2 aromatic carbocycles. The zero-order valence-electron chi connectivity index (χ0n) is 13.3. The number of carbonyl (C=O) groups excluding carboxylic acids is 1. The number of halogens is 2. The fourth-order valence-electron chi connectivity index (χ4n) is 2.22. The third kappa shape index (κ3) is 4.21. The number of nitrogens with one attached hydrogen (secondary N) is 1. The molecule has 1 aromatic heterocycles. The molecule has 1 N–H and O–H groups in total. The van der Waals surface area contributed by atoms with E-state index in [2.05, 4.69) is 26.4 Å². The standard InChI is InChI=1S/C18H14BrClN2O3/c1-24-17-7-4-12(8-14(17)19)16(23)10-21-18-9-15(22-25-18)11-2-5-13(20)6-3-11/h2-9,21H,10H2,1H3. The number of carbonyl (C=O) groups is 1. The molecule has 0 atom stereocenters. The molecular formula is C18H14BrClN2O3. The molecule has 0 spiro atoms. The summed E-state index contributed by atoms with van der Waals surface area (Å²) in [6.45, 7) is 0.0913. The van der Waals surface area contributed by atoms with Crippen molar-refractivity contribution >= 4 is 39.2 Å². The molecule has 5 nitrogen and oxygen atoms in total. The van der Waals surface area contributed by atoms with Crippen molar-refractivity contribution in [1.82, 2.24) is 5.16 Å². The number of hydrogen-bond donors (Lipinski definition) is 1. The van der Waals surface area contributed by atoms with Gasteiger partial charge in [0.05, 0.1) is 18.1 Å². The second-order valence-corrected chi connectivity index (χ2v) is 6.50. The van der Waals surface area contributed by atoms with E-state index >= 15 is 0 Å². The lowest BCUT2D eigenvalue weighted by Crippen LogP contribution is -2.13. The molecule has 128 valence electrons. The summed E-state index contributed by atoms with van der Waals surface area (Å²) < 4.78 is 11.1. The Kier molecular flexibility index (Phi) is 5.40. The monoisotopic (exact) mass is 420 g/mol. The molecule has 0 bridgehead atoms. The fraction of sp³-hybridized carbons (Fsp3) is 0.111. The Morgan fingerprint density at radius 1 is 1.24 bits per heavy atom. The molecule has 0 fully saturated rings. The van der Waals surface area contributed by atoms with Gasteiger partial charge in [-0.05, 0) is 46.3 Å². The Morgan fingerprint density at radius 2 is 2.00 bits per heavy atom. The van der Waals surface area contributed by atoms with Gasteiger partial charge in [-0.1, -0.05) is 28.9 Å². The first kappa shape index (κ1) is 17.5. The predicted octanol–water partition coefficient (Wildman–Crippen LogP) is 5.06. The number of anilines is 1. The van der Waals surface area contributed by atoms with Gasteiger partial charge >= 0.3 is 0 Å². The molecule has 0 aliphatic rings. The Hall–Kier alpha value is -2.31. The number of nitrogens with zero attached hydrogens (tertiary/aromatic N) is 1. The van der Waals surface area contributed by atoms with Gasteiger partial charge in [0.1, 0.15) is 11.4 Å². The molecule has 7 heteroatoms. The Morgan fingerprint density at radius 3 is 2.68 bits per heavy atom. The van der Waals surface area contributed by atoms with Crippen LogP contribution in [0.1, 0.15) is 10.4 Å². The quantitative estimate of drug-likeness (QED) is 0.564. The molecule has 0 unspecified atom stereocenters. The number of ether oxygens (including phenoxy) is 1. The first-order chi connectivity index (χ1) is 12.1. The normalized spacial score (nSPS) is 10.5. The fourth-order valence-corrected chi connectivity index (χ4v) is 2.89. The highest BCUT2D eigenvalue weighted by Gasteiger charge is 2.11. The van der Waals surface area contributed by atoms with Gasteiger partial charge in [0.15, 0.2) is 5.78 Å². The minimum Gasteiger partial charge on any atom is -0.496 e. The van der Waals surface area contributed by atoms with Gasteiger partial charge in [-0.25, -0.2) is 0 Å². The smallest absolute Gasteiger partial charge is 0.225 e. The average Bonchev–Trinajstić information content (AvgIpc) is 3.09. The van der Waals surface area contributed by atoms with Crippen LogP contribution in [0, 0.1) is 0 Å². The summed E-state index contributed by atoms with van der Waals surface area (Å²) in [5.41, 5.74) is 2.11. The van der Waals surface area contributed by atoms with E-state index in [0.29, 0.717) is 27.9 Å². The highest BCUT2D eigenvalue weighted by Crippen LogP contribution is 2.26. The molecule has 25 heavy (non-hydrogen) atoms. The first-order valence-electron chi connectivity index (χ1n) is 7.40. The minimum atomic E-state index is -0.0761. The summed E-state index contributed by atoms with van der Waals surface area (Å²) in [5, 5.41) is 7.58. The molecule has 3 rings (SSSR count). The largest absolute Gasteiger partial charge is 0.496 e. The minimum absolute atomic E-state index is 0.0761. The lowest BCUT2D eigenvalue weighted by molar-refractivity contribution is 0.100. The number of methoxy groups -OCH3 is 1. The van der Waals surface area contributed by atoms with E-state index in [0.717, 1.165) is 10.0 Å². The predicted molar refractivity (Wildman–Crippen MR) is 100 cm³/mol. The second kappa shape index (κ2) is 7.72. The van der Waals surface area contributed by atoms with Gasteiger partial charge < -0.3 is 14.6 Å². The number of hydrogen-bond acceptors (Lipinski definition) is 5. The van der Waals surface area contributed by atoms with Crippen LogP contribution >= 0.6 is 27.5 Å². The van der Waals surface area contributed by atoms with Gasteiger partial charge in [-0.2, -0.15) is 0 Å². The maximum Gasteiger partial charge on any atom is 0.225 e. The van der Waals surface area contributed by atoms with Crippen molar-refractivity contribution in [3.8, 4) is 17.0 Å². The van der Waals surface area contributed by atoms with Crippen molar-refractivity contribution in [3.05, 3.63) is 63.6 Å². The van der Waals surface area contributed by atoms with Gasteiger partial charge in [0.25, 0.3) is 0 Å². The highest BCUT2D eigenvalue weighted by molar-refractivity contribution is 9.10. The third-order valence-electron chi connectivity index (χ3n) is 3.55. The van der Waals surface area contributed by atoms with Crippen molar-refractivity contribution in [1.29, 1.82) is 0 Å². The van der Waals surface area contributed by atoms with E-state index in [1.54, 1.807) is 43.5 Å². The van der Waals surface area contributed by atoms with E-state index in [-0.39, 0.29) is 12.3 Å². The number of rotatable bonds is 6. The Bertz CT molecular complexity index is 894. The van der Waals surface area contributed by atoms with Gasteiger partial charge in [-0.3, -0.25) is 4.79 Å². The summed E-state index contributed by atoms with van der Waals surface area (Å²) in [7, 11) is 1.57. The molecule has 0 saturated heterocycles. The Balaban J connectivity index is 1.65. The van der Waals surface area contributed by atoms with Crippen molar-refractivity contribution in [2.75, 3.05) is 19.0 Å². The van der Waals surface area contributed by atoms with Crippen LogP contribution < -0.4 is 10.1 Å². The van der Waals surface area contributed by atoms with Crippen LogP contribution in [0.2, 0.25) is 5.02 Å². The van der Waals surface area contributed by atoms with E-state index < -0.39 is 0 Å². The zero-order valence-corrected chi connectivity index (χ0v) is 15.6. The average molecular weight is 422 g/mol. The van der Waals surface area contributed by atoms with Crippen molar-refractivity contribution in [3.63, 3.8) is 0 Å². The third-order valence-corrected chi connectivity index (χ3v) is 4.42. The van der Waals surface area contributed by atoms with E-state index in [4.69, 9.17) is 20.9 Å². The summed E-state index contributed by atoms with van der Waals surface area (Å²) in [5.74, 6) is 1.02. The Labute approximate surface area is 158 Å². The number of aromatic nitrogens is 1. The van der Waals surface area contributed by atoms with Crippen LogP contribution in [-0.4, -0.2) is 24.6 Å². The number of Topliss-reactive ketones (excluding diaryl/α,β-unsaturated/α-hetero) is 1. The van der Waals surface area contributed by atoms with Gasteiger partial charge in [0, 0.05) is 22.2 Å². The highest BCUT2D eigenvalue weighted by atomic mass is 79.9. The van der Waals surface area contributed by atoms with Crippen LogP contribution in [0.25, 0.3) is 11.3 Å². The molecule has 0 radical (unpaired) electrons. The zero-order chi connectivity index (χ0) is 17.8. The molecule has 0 saturated carbocycles. The van der Waals surface area contributed by atoms with Crippen LogP contribution in [-0.2, 0) is 0 Å². The maximum atomic E-state index is 12.3. The molecule has 0 amide bonds. The van der Waals surface area contributed by atoms with Crippen molar-refractivity contribution < 1.29 is 14.1 Å². The summed E-state index contributed by atoms with van der Waals surface area (Å²) in [6.07, 6.45) is 0. The SMILES string of the molecule is COc1ccc(C(=O)CNc2cc(-c3ccc(Cl)cc3)no2)cc1Br. The molecule has 0 aliphatic carbocycles. The molecular weight excluding hydrogens is 408 g/mol. The molecule has 1 heterocycles. The van der Waals surface area contributed by atoms with Gasteiger partial charge in [0.2, 0.25) is 5.88 Å². The lowest BCUT2D eigenvalue weighted by atomic mass is 10.1. The van der Waals surface area contributed by atoms with Crippen molar-refractivity contribution in [2.24, 2.45) is 0 Å². The van der Waals surface area contributed by atoms with Crippen LogP contribution in [0.3, 0.4) is 0 Å². The van der Waals surface area contributed by atoms with Crippen molar-refractivity contribution in [2.45, 2.75) is 0 Å². The lowest BCUT2D eigenvalue weighted by Gasteiger charge is -2.06. The van der Waals surface area contributed by atoms with Crippen LogP contribution in [0.5, 0.6) is 5.75 Å². The summed E-state index contributed by atoms with van der Waals surface area (Å²) >= 11 is 9.24. The van der Waals surface area contributed by atoms with Crippen LogP contribution in [0.4, 0.5) is 5.88 Å². The number of benzene rings is 2. The second-order valence-electron chi connectivity index (χ2n) is 5.21. The van der Waals surface area contributed by atoms with Crippen LogP contribution in [0.15, 0.2) is 57.5 Å². The molecule has 0 aliphatic heterocycles. The summed E-state index contributed by atoms with van der Waals surface area (Å²) in [6, 6.07) is 14.2. The van der Waals surface area contributed by atoms with Gasteiger partial charge in [-0.15, -0.1) is 0 Å². The molecule has 3 aromatic rings. The maximum absolute atomic E-state index is 12.3. The first-order valence-corrected chi connectivity index (χ1v) is 8.57. The van der Waals surface area contributed by atoms with E-state index in [1.807, 2.05) is 12.1 Å². The van der Waals surface area contributed by atoms with E-state index in [1.165, 1.54) is 0 Å². The topological polar surface area (TPSA) is 64.4 Å². The number of ketones is 1.